The Labute approximate surface area is 170 Å². The first-order valence-corrected chi connectivity index (χ1v) is 9.49. The van der Waals surface area contributed by atoms with Crippen molar-refractivity contribution < 1.29 is 14.3 Å². The molecule has 3 aromatic carbocycles. The Balaban J connectivity index is 1.69. The standard InChI is InChI=1S/C24H24N2O3/c1-29-24(28)21-14-8-9-15-22(21)25-17-16-23(27)26(20-12-6-3-7-13-20)18-19-10-4-2-5-11-19/h2-15,25H,16-18H2,1H3. The van der Waals surface area contributed by atoms with Crippen molar-refractivity contribution in [1.29, 1.82) is 0 Å². The SMILES string of the molecule is COC(=O)c1ccccc1NCCC(=O)N(Cc1ccccc1)c1ccccc1. The maximum atomic E-state index is 13.0. The van der Waals surface area contributed by atoms with Gasteiger partial charge in [-0.05, 0) is 29.8 Å². The first-order chi connectivity index (χ1) is 14.2. The van der Waals surface area contributed by atoms with Gasteiger partial charge in [0.15, 0.2) is 0 Å². The molecule has 0 radical (unpaired) electrons. The van der Waals surface area contributed by atoms with Gasteiger partial charge in [-0.15, -0.1) is 0 Å². The van der Waals surface area contributed by atoms with Crippen LogP contribution in [0.15, 0.2) is 84.9 Å². The number of rotatable bonds is 8. The van der Waals surface area contributed by atoms with E-state index in [2.05, 4.69) is 5.32 Å². The normalized spacial score (nSPS) is 10.2. The smallest absolute Gasteiger partial charge is 0.339 e. The molecular formula is C24H24N2O3. The lowest BCUT2D eigenvalue weighted by molar-refractivity contribution is -0.118. The van der Waals surface area contributed by atoms with E-state index in [4.69, 9.17) is 4.74 Å². The molecule has 0 aromatic heterocycles. The maximum absolute atomic E-state index is 13.0. The number of esters is 1. The van der Waals surface area contributed by atoms with Crippen LogP contribution in [0, 0.1) is 0 Å². The summed E-state index contributed by atoms with van der Waals surface area (Å²) in [5.41, 5.74) is 3.03. The Morgan fingerprint density at radius 3 is 2.17 bits per heavy atom. The predicted octanol–water partition coefficient (Wildman–Crippen LogP) is 4.51. The van der Waals surface area contributed by atoms with Gasteiger partial charge in [-0.2, -0.15) is 0 Å². The Morgan fingerprint density at radius 1 is 0.862 bits per heavy atom. The second kappa shape index (κ2) is 10.1. The lowest BCUT2D eigenvalue weighted by Gasteiger charge is -2.23. The van der Waals surface area contributed by atoms with E-state index >= 15 is 0 Å². The van der Waals surface area contributed by atoms with Gasteiger partial charge in [-0.1, -0.05) is 60.7 Å². The van der Waals surface area contributed by atoms with Gasteiger partial charge >= 0.3 is 5.97 Å². The van der Waals surface area contributed by atoms with Crippen LogP contribution in [0.3, 0.4) is 0 Å². The summed E-state index contributed by atoms with van der Waals surface area (Å²) in [6.07, 6.45) is 0.289. The molecule has 148 valence electrons. The summed E-state index contributed by atoms with van der Waals surface area (Å²) in [6, 6.07) is 26.7. The molecule has 29 heavy (non-hydrogen) atoms. The Morgan fingerprint density at radius 2 is 1.48 bits per heavy atom. The average Bonchev–Trinajstić information content (AvgIpc) is 2.78. The number of anilines is 2. The number of carbonyl (C=O) groups is 2. The van der Waals surface area contributed by atoms with Crippen LogP contribution >= 0.6 is 0 Å². The van der Waals surface area contributed by atoms with E-state index in [1.807, 2.05) is 66.7 Å². The van der Waals surface area contributed by atoms with E-state index in [1.165, 1.54) is 7.11 Å². The Hall–Kier alpha value is -3.60. The van der Waals surface area contributed by atoms with E-state index in [1.54, 1.807) is 23.1 Å². The van der Waals surface area contributed by atoms with Gasteiger partial charge < -0.3 is 15.0 Å². The molecule has 5 heteroatoms. The van der Waals surface area contributed by atoms with Crippen LogP contribution in [0.1, 0.15) is 22.3 Å². The molecule has 0 heterocycles. The first-order valence-electron chi connectivity index (χ1n) is 9.49. The van der Waals surface area contributed by atoms with Crippen molar-refractivity contribution in [3.8, 4) is 0 Å². The van der Waals surface area contributed by atoms with Crippen molar-refractivity contribution in [2.24, 2.45) is 0 Å². The molecule has 5 nitrogen and oxygen atoms in total. The Bertz CT molecular complexity index is 943. The molecule has 0 fully saturated rings. The minimum atomic E-state index is -0.408. The summed E-state index contributed by atoms with van der Waals surface area (Å²) in [7, 11) is 1.35. The largest absolute Gasteiger partial charge is 0.465 e. The number of carbonyl (C=O) groups excluding carboxylic acids is 2. The number of benzene rings is 3. The summed E-state index contributed by atoms with van der Waals surface area (Å²) < 4.78 is 4.81. The zero-order chi connectivity index (χ0) is 20.5. The summed E-state index contributed by atoms with van der Waals surface area (Å²) in [6.45, 7) is 0.910. The molecule has 0 atom stereocenters. The quantitative estimate of drug-likeness (QED) is 0.577. The van der Waals surface area contributed by atoms with Crippen molar-refractivity contribution in [2.75, 3.05) is 23.9 Å². The minimum Gasteiger partial charge on any atom is -0.465 e. The number of hydrogen-bond donors (Lipinski definition) is 1. The van der Waals surface area contributed by atoms with Crippen molar-refractivity contribution in [3.05, 3.63) is 96.1 Å². The molecular weight excluding hydrogens is 364 g/mol. The highest BCUT2D eigenvalue weighted by atomic mass is 16.5. The Kier molecular flexibility index (Phi) is 7.00. The topological polar surface area (TPSA) is 58.6 Å². The van der Waals surface area contributed by atoms with Crippen LogP contribution in [0.2, 0.25) is 0 Å². The van der Waals surface area contributed by atoms with E-state index in [0.717, 1.165) is 11.3 Å². The molecule has 0 spiro atoms. The predicted molar refractivity (Wildman–Crippen MR) is 115 cm³/mol. The number of hydrogen-bond acceptors (Lipinski definition) is 4. The molecule has 1 N–H and O–H groups in total. The fraction of sp³-hybridized carbons (Fsp3) is 0.167. The summed E-state index contributed by atoms with van der Waals surface area (Å²) >= 11 is 0. The monoisotopic (exact) mass is 388 g/mol. The summed E-state index contributed by atoms with van der Waals surface area (Å²) in [4.78, 5) is 26.7. The fourth-order valence-electron chi connectivity index (χ4n) is 3.06. The molecule has 3 rings (SSSR count). The number of amides is 1. The van der Waals surface area contributed by atoms with Gasteiger partial charge in [0, 0.05) is 24.3 Å². The van der Waals surface area contributed by atoms with Gasteiger partial charge in [-0.3, -0.25) is 4.79 Å². The molecule has 0 saturated carbocycles. The van der Waals surface area contributed by atoms with Crippen LogP contribution in [-0.4, -0.2) is 25.5 Å². The van der Waals surface area contributed by atoms with Crippen molar-refractivity contribution in [3.63, 3.8) is 0 Å². The minimum absolute atomic E-state index is 0.00287. The van der Waals surface area contributed by atoms with Crippen LogP contribution in [-0.2, 0) is 16.1 Å². The van der Waals surface area contributed by atoms with E-state index in [0.29, 0.717) is 24.3 Å². The molecule has 0 saturated heterocycles. The van der Waals surface area contributed by atoms with Crippen molar-refractivity contribution >= 4 is 23.3 Å². The second-order valence-corrected chi connectivity index (χ2v) is 6.51. The fourth-order valence-corrected chi connectivity index (χ4v) is 3.06. The molecule has 0 aliphatic rings. The third-order valence-electron chi connectivity index (χ3n) is 4.54. The third-order valence-corrected chi connectivity index (χ3v) is 4.54. The molecule has 3 aromatic rings. The van der Waals surface area contributed by atoms with Crippen LogP contribution in [0.4, 0.5) is 11.4 Å². The summed E-state index contributed by atoms with van der Waals surface area (Å²) in [5, 5.41) is 3.18. The van der Waals surface area contributed by atoms with E-state index in [9.17, 15) is 9.59 Å². The lowest BCUT2D eigenvalue weighted by atomic mass is 10.1. The zero-order valence-electron chi connectivity index (χ0n) is 16.4. The maximum Gasteiger partial charge on any atom is 0.339 e. The highest BCUT2D eigenvalue weighted by Crippen LogP contribution is 2.19. The second-order valence-electron chi connectivity index (χ2n) is 6.51. The number of ether oxygens (including phenoxy) is 1. The highest BCUT2D eigenvalue weighted by Gasteiger charge is 2.16. The molecule has 0 bridgehead atoms. The number of methoxy groups -OCH3 is 1. The third kappa shape index (κ3) is 5.45. The molecule has 0 aliphatic carbocycles. The number of nitrogens with one attached hydrogen (secondary N) is 1. The highest BCUT2D eigenvalue weighted by molar-refractivity contribution is 5.96. The van der Waals surface area contributed by atoms with Gasteiger partial charge in [0.25, 0.3) is 0 Å². The van der Waals surface area contributed by atoms with Crippen molar-refractivity contribution in [1.82, 2.24) is 0 Å². The summed E-state index contributed by atoms with van der Waals surface area (Å²) in [5.74, 6) is -0.405. The van der Waals surface area contributed by atoms with Crippen LogP contribution in [0.25, 0.3) is 0 Å². The van der Waals surface area contributed by atoms with E-state index in [-0.39, 0.29) is 12.3 Å². The van der Waals surface area contributed by atoms with Crippen molar-refractivity contribution in [2.45, 2.75) is 13.0 Å². The van der Waals surface area contributed by atoms with Gasteiger partial charge in [0.05, 0.1) is 19.2 Å². The number of nitrogens with zero attached hydrogens (tertiary/aromatic N) is 1. The molecule has 0 unspecified atom stereocenters. The lowest BCUT2D eigenvalue weighted by Crippen LogP contribution is -2.31. The van der Waals surface area contributed by atoms with Crippen LogP contribution in [0.5, 0.6) is 0 Å². The zero-order valence-corrected chi connectivity index (χ0v) is 16.4. The molecule has 0 aliphatic heterocycles. The number of para-hydroxylation sites is 2. The van der Waals surface area contributed by atoms with Crippen LogP contribution < -0.4 is 10.2 Å². The van der Waals surface area contributed by atoms with Gasteiger partial charge in [-0.25, -0.2) is 4.79 Å². The molecule has 1 amide bonds. The van der Waals surface area contributed by atoms with E-state index < -0.39 is 5.97 Å². The first kappa shape index (κ1) is 20.1. The van der Waals surface area contributed by atoms with Gasteiger partial charge in [0.2, 0.25) is 5.91 Å². The van der Waals surface area contributed by atoms with Gasteiger partial charge in [0.1, 0.15) is 0 Å². The average molecular weight is 388 g/mol.